The van der Waals surface area contributed by atoms with E-state index in [4.69, 9.17) is 9.84 Å². The lowest BCUT2D eigenvalue weighted by Gasteiger charge is -2.28. The predicted molar refractivity (Wildman–Crippen MR) is 100 cm³/mol. The van der Waals surface area contributed by atoms with Gasteiger partial charge in [-0.05, 0) is 42.8 Å². The van der Waals surface area contributed by atoms with Crippen molar-refractivity contribution in [1.82, 2.24) is 15.8 Å². The summed E-state index contributed by atoms with van der Waals surface area (Å²) < 4.78 is 18.6. The molecule has 0 bridgehead atoms. The number of hydrogen-bond acceptors (Lipinski definition) is 7. The molecule has 0 radical (unpaired) electrons. The van der Waals surface area contributed by atoms with E-state index in [1.165, 1.54) is 12.1 Å². The maximum Gasteiger partial charge on any atom is 0.413 e. The second-order valence-corrected chi connectivity index (χ2v) is 6.91. The number of halogens is 1. The van der Waals surface area contributed by atoms with E-state index in [9.17, 15) is 18.8 Å². The fourth-order valence-electron chi connectivity index (χ4n) is 2.51. The van der Waals surface area contributed by atoms with Crippen molar-refractivity contribution in [2.45, 2.75) is 12.8 Å². The van der Waals surface area contributed by atoms with Gasteiger partial charge in [-0.3, -0.25) is 14.6 Å². The highest BCUT2D eigenvalue weighted by Crippen LogP contribution is 2.32. The Morgan fingerprint density at radius 1 is 1.43 bits per heavy atom. The summed E-state index contributed by atoms with van der Waals surface area (Å²) in [6, 6.07) is 3.49. The Labute approximate surface area is 163 Å². The first-order valence-corrected chi connectivity index (χ1v) is 9.24. The van der Waals surface area contributed by atoms with Crippen molar-refractivity contribution in [2.24, 2.45) is 4.99 Å². The van der Waals surface area contributed by atoms with Crippen LogP contribution >= 0.6 is 11.8 Å². The van der Waals surface area contributed by atoms with Crippen LogP contribution in [0.3, 0.4) is 0 Å². The van der Waals surface area contributed by atoms with Gasteiger partial charge in [0.15, 0.2) is 5.17 Å². The number of carbonyl (C=O) groups is 3. The van der Waals surface area contributed by atoms with Gasteiger partial charge >= 0.3 is 12.1 Å². The molecule has 2 amide bonds. The van der Waals surface area contributed by atoms with Crippen LogP contribution in [0.1, 0.15) is 18.4 Å². The molecular weight excluding hydrogens is 391 g/mol. The normalized spacial score (nSPS) is 18.2. The molecule has 1 aromatic carbocycles. The molecule has 0 unspecified atom stereocenters. The molecule has 3 N–H and O–H groups in total. The number of rotatable bonds is 4. The number of aliphatic imine (C=N–C) groups is 1. The number of thioether (sulfide) groups is 1. The maximum atomic E-state index is 13.6. The molecule has 2 aliphatic heterocycles. The minimum absolute atomic E-state index is 0.145. The summed E-state index contributed by atoms with van der Waals surface area (Å²) in [6.45, 7) is 0.897. The fraction of sp³-hybridized carbons (Fsp3) is 0.294. The van der Waals surface area contributed by atoms with Gasteiger partial charge in [0.1, 0.15) is 18.1 Å². The topological polar surface area (TPSA) is 120 Å². The summed E-state index contributed by atoms with van der Waals surface area (Å²) in [5, 5.41) is 12.9. The molecule has 1 saturated heterocycles. The predicted octanol–water partition coefficient (Wildman–Crippen LogP) is 1.57. The lowest BCUT2D eigenvalue weighted by atomic mass is 10.2. The Balaban J connectivity index is 1.75. The summed E-state index contributed by atoms with van der Waals surface area (Å²) in [5.74, 6) is -2.49. The highest BCUT2D eigenvalue weighted by Gasteiger charge is 2.27. The van der Waals surface area contributed by atoms with Crippen LogP contribution in [-0.2, 0) is 9.59 Å². The number of carboxylic acid groups (broad SMARTS) is 1. The molecule has 0 spiro atoms. The third-order valence-electron chi connectivity index (χ3n) is 3.80. The Hall–Kier alpha value is -2.92. The first-order valence-electron chi connectivity index (χ1n) is 8.43. The van der Waals surface area contributed by atoms with E-state index in [2.05, 4.69) is 10.4 Å². The van der Waals surface area contributed by atoms with Crippen molar-refractivity contribution < 1.29 is 28.6 Å². The van der Waals surface area contributed by atoms with E-state index in [0.717, 1.165) is 49.8 Å². The maximum absolute atomic E-state index is 13.6. The zero-order valence-corrected chi connectivity index (χ0v) is 15.4. The van der Waals surface area contributed by atoms with Crippen LogP contribution < -0.4 is 15.5 Å². The lowest BCUT2D eigenvalue weighted by molar-refractivity contribution is -0.135. The first kappa shape index (κ1) is 19.8. The van der Waals surface area contributed by atoms with Crippen LogP contribution in [0.15, 0.2) is 28.1 Å². The van der Waals surface area contributed by atoms with Crippen LogP contribution in [0, 0.1) is 5.82 Å². The van der Waals surface area contributed by atoms with Crippen LogP contribution in [0.4, 0.5) is 9.18 Å². The van der Waals surface area contributed by atoms with Crippen LogP contribution in [0.2, 0.25) is 0 Å². The molecule has 2 heterocycles. The zero-order valence-electron chi connectivity index (χ0n) is 14.6. The van der Waals surface area contributed by atoms with Crippen LogP contribution in [0.5, 0.6) is 5.75 Å². The molecule has 148 valence electrons. The monoisotopic (exact) mass is 408 g/mol. The second kappa shape index (κ2) is 8.85. The molecule has 3 rings (SSSR count). The quantitative estimate of drug-likeness (QED) is 0.642. The van der Waals surface area contributed by atoms with Crippen molar-refractivity contribution in [3.63, 3.8) is 0 Å². The van der Waals surface area contributed by atoms with Gasteiger partial charge in [0.2, 0.25) is 0 Å². The highest BCUT2D eigenvalue weighted by atomic mass is 32.2. The fourth-order valence-corrected chi connectivity index (χ4v) is 3.42. The third-order valence-corrected chi connectivity index (χ3v) is 4.81. The van der Waals surface area contributed by atoms with Crippen molar-refractivity contribution >= 4 is 41.0 Å². The standard InChI is InChI=1S/C17H17FN4O5S/c18-11-4-3-10(12(8-11)27-17(26)19-9-14(23)24)7-13-15(25)21-16(28-13)22-6-2-1-5-20-22/h3-4,7-8,20H,1-2,5-6,9H2,(H,19,26)(H,23,24)/b13-7+. The molecular formula is C17H17FN4O5S. The average Bonchev–Trinajstić information content (AvgIpc) is 3.03. The van der Waals surface area contributed by atoms with Gasteiger partial charge in [-0.1, -0.05) is 0 Å². The number of nitrogens with zero attached hydrogens (tertiary/aromatic N) is 2. The Morgan fingerprint density at radius 3 is 2.96 bits per heavy atom. The van der Waals surface area contributed by atoms with Crippen molar-refractivity contribution in [1.29, 1.82) is 0 Å². The highest BCUT2D eigenvalue weighted by molar-refractivity contribution is 8.18. The van der Waals surface area contributed by atoms with Crippen molar-refractivity contribution in [3.8, 4) is 5.75 Å². The third kappa shape index (κ3) is 5.08. The molecule has 1 aromatic rings. The number of benzene rings is 1. The number of hydrazine groups is 1. The van der Waals surface area contributed by atoms with Crippen LogP contribution in [0.25, 0.3) is 6.08 Å². The average molecular weight is 408 g/mol. The largest absolute Gasteiger partial charge is 0.480 e. The minimum atomic E-state index is -1.25. The summed E-state index contributed by atoms with van der Waals surface area (Å²) in [6.07, 6.45) is 2.44. The number of carbonyl (C=O) groups excluding carboxylic acids is 2. The number of ether oxygens (including phenoxy) is 1. The molecule has 0 aliphatic carbocycles. The zero-order chi connectivity index (χ0) is 20.1. The van der Waals surface area contributed by atoms with E-state index in [0.29, 0.717) is 10.1 Å². The van der Waals surface area contributed by atoms with Gasteiger partial charge in [-0.25, -0.2) is 14.6 Å². The molecule has 0 aromatic heterocycles. The van der Waals surface area contributed by atoms with Gasteiger partial charge in [-0.15, -0.1) is 0 Å². The van der Waals surface area contributed by atoms with E-state index in [1.54, 1.807) is 0 Å². The molecule has 0 saturated carbocycles. The Morgan fingerprint density at radius 2 is 2.25 bits per heavy atom. The lowest BCUT2D eigenvalue weighted by Crippen LogP contribution is -2.45. The molecule has 28 heavy (non-hydrogen) atoms. The smallest absolute Gasteiger partial charge is 0.413 e. The number of aliphatic carboxylic acids is 1. The Kier molecular flexibility index (Phi) is 6.26. The van der Waals surface area contributed by atoms with E-state index >= 15 is 0 Å². The molecule has 9 nitrogen and oxygen atoms in total. The Bertz CT molecular complexity index is 867. The summed E-state index contributed by atoms with van der Waals surface area (Å²) in [4.78, 5) is 38.7. The van der Waals surface area contributed by atoms with E-state index < -0.39 is 30.3 Å². The van der Waals surface area contributed by atoms with Gasteiger partial charge in [0.25, 0.3) is 5.91 Å². The van der Waals surface area contributed by atoms with Gasteiger partial charge in [-0.2, -0.15) is 4.99 Å². The van der Waals surface area contributed by atoms with Gasteiger partial charge in [0, 0.05) is 24.7 Å². The number of carboxylic acids is 1. The van der Waals surface area contributed by atoms with Gasteiger partial charge in [0.05, 0.1) is 4.91 Å². The van der Waals surface area contributed by atoms with Gasteiger partial charge < -0.3 is 15.2 Å². The number of amidine groups is 1. The molecule has 11 heteroatoms. The van der Waals surface area contributed by atoms with E-state index in [-0.39, 0.29) is 11.3 Å². The molecule has 1 fully saturated rings. The van der Waals surface area contributed by atoms with Crippen LogP contribution in [-0.4, -0.2) is 52.9 Å². The summed E-state index contributed by atoms with van der Waals surface area (Å²) >= 11 is 1.16. The molecule has 2 aliphatic rings. The first-order chi connectivity index (χ1) is 13.4. The minimum Gasteiger partial charge on any atom is -0.480 e. The molecule has 0 atom stereocenters. The number of amides is 2. The van der Waals surface area contributed by atoms with Crippen molar-refractivity contribution in [2.75, 3.05) is 19.6 Å². The number of hydrogen-bond donors (Lipinski definition) is 3. The summed E-state index contributed by atoms with van der Waals surface area (Å²) in [5.41, 5.74) is 3.44. The van der Waals surface area contributed by atoms with Crippen molar-refractivity contribution in [3.05, 3.63) is 34.5 Å². The number of nitrogens with one attached hydrogen (secondary N) is 2. The SMILES string of the molecule is O=C(O)CNC(=O)Oc1cc(F)ccc1/C=C1/SC(N2CCCCN2)=NC1=O. The van der Waals surface area contributed by atoms with E-state index in [1.807, 2.05) is 10.3 Å². The second-order valence-electron chi connectivity index (χ2n) is 5.90. The summed E-state index contributed by atoms with van der Waals surface area (Å²) in [7, 11) is 0.